The Balaban J connectivity index is 1.57. The number of fused-ring (bicyclic) bond motifs is 1. The van der Waals surface area contributed by atoms with Gasteiger partial charge in [0.15, 0.2) is 0 Å². The van der Waals surface area contributed by atoms with Crippen LogP contribution in [0.1, 0.15) is 43.0 Å². The Morgan fingerprint density at radius 1 is 1.00 bits per heavy atom. The van der Waals surface area contributed by atoms with Gasteiger partial charge in [-0.3, -0.25) is 19.3 Å². The highest BCUT2D eigenvalue weighted by molar-refractivity contribution is 6.22. The zero-order valence-electron chi connectivity index (χ0n) is 15.1. The summed E-state index contributed by atoms with van der Waals surface area (Å²) in [6, 6.07) is 6.97. The van der Waals surface area contributed by atoms with Gasteiger partial charge in [0.2, 0.25) is 11.8 Å². The molecule has 5 nitrogen and oxygen atoms in total. The average Bonchev–Trinajstić information content (AvgIpc) is 2.93. The predicted octanol–water partition coefficient (Wildman–Crippen LogP) is 3.01. The summed E-state index contributed by atoms with van der Waals surface area (Å²) in [6.07, 6.45) is 7.24. The van der Waals surface area contributed by atoms with Crippen LogP contribution >= 0.6 is 0 Å². The Morgan fingerprint density at radius 3 is 2.23 bits per heavy atom. The number of carbonyl (C=O) groups is 3. The zero-order chi connectivity index (χ0) is 18.3. The third-order valence-corrected chi connectivity index (χ3v) is 5.93. The molecule has 0 spiro atoms. The Morgan fingerprint density at radius 2 is 1.62 bits per heavy atom. The number of rotatable bonds is 2. The molecule has 0 saturated carbocycles. The lowest BCUT2D eigenvalue weighted by Crippen LogP contribution is -2.38. The minimum absolute atomic E-state index is 0.0167. The number of carbonyl (C=O) groups excluding carboxylic acids is 3. The van der Waals surface area contributed by atoms with E-state index < -0.39 is 0 Å². The topological polar surface area (TPSA) is 57.7 Å². The van der Waals surface area contributed by atoms with Crippen molar-refractivity contribution >= 4 is 23.4 Å². The molecule has 0 radical (unpaired) electrons. The Kier molecular flexibility index (Phi) is 4.39. The Hall–Kier alpha value is -2.43. The summed E-state index contributed by atoms with van der Waals surface area (Å²) in [5, 5.41) is 0. The van der Waals surface area contributed by atoms with Gasteiger partial charge in [0, 0.05) is 18.7 Å². The Labute approximate surface area is 153 Å². The van der Waals surface area contributed by atoms with Gasteiger partial charge in [0.05, 0.1) is 17.5 Å². The molecule has 3 amide bonds. The van der Waals surface area contributed by atoms with E-state index in [2.05, 4.69) is 6.92 Å². The van der Waals surface area contributed by atoms with Crippen LogP contribution < -0.4 is 4.90 Å². The van der Waals surface area contributed by atoms with E-state index in [0.29, 0.717) is 30.0 Å². The lowest BCUT2D eigenvalue weighted by atomic mass is 9.85. The second-order valence-corrected chi connectivity index (χ2v) is 7.69. The molecule has 5 heteroatoms. The second-order valence-electron chi connectivity index (χ2n) is 7.69. The van der Waals surface area contributed by atoms with Gasteiger partial charge in [0.25, 0.3) is 5.91 Å². The number of anilines is 1. The summed E-state index contributed by atoms with van der Waals surface area (Å²) < 4.78 is 0. The minimum Gasteiger partial charge on any atom is -0.339 e. The van der Waals surface area contributed by atoms with Crippen molar-refractivity contribution in [3.63, 3.8) is 0 Å². The number of hydrogen-bond acceptors (Lipinski definition) is 3. The molecule has 0 N–H and O–H groups in total. The first-order valence-corrected chi connectivity index (χ1v) is 9.48. The maximum absolute atomic E-state index is 12.8. The van der Waals surface area contributed by atoms with Crippen molar-refractivity contribution in [1.82, 2.24) is 4.90 Å². The minimum atomic E-state index is -0.254. The Bertz CT molecular complexity index is 751. The van der Waals surface area contributed by atoms with Gasteiger partial charge in [0.1, 0.15) is 0 Å². The number of benzene rings is 1. The fourth-order valence-electron chi connectivity index (χ4n) is 4.23. The summed E-state index contributed by atoms with van der Waals surface area (Å²) in [4.78, 5) is 41.5. The maximum Gasteiger partial charge on any atom is 0.253 e. The molecule has 2 atom stereocenters. The normalized spacial score (nSPS) is 26.3. The first kappa shape index (κ1) is 17.0. The smallest absolute Gasteiger partial charge is 0.253 e. The van der Waals surface area contributed by atoms with Crippen molar-refractivity contribution in [3.8, 4) is 0 Å². The molecule has 2 saturated heterocycles. The van der Waals surface area contributed by atoms with Crippen LogP contribution in [0.4, 0.5) is 5.69 Å². The van der Waals surface area contributed by atoms with Crippen molar-refractivity contribution in [2.24, 2.45) is 17.8 Å². The predicted molar refractivity (Wildman–Crippen MR) is 98.6 cm³/mol. The van der Waals surface area contributed by atoms with Crippen LogP contribution in [-0.2, 0) is 9.59 Å². The van der Waals surface area contributed by atoms with Crippen molar-refractivity contribution in [1.29, 1.82) is 0 Å². The van der Waals surface area contributed by atoms with Gasteiger partial charge in [-0.2, -0.15) is 0 Å². The van der Waals surface area contributed by atoms with Gasteiger partial charge in [-0.05, 0) is 49.8 Å². The molecule has 2 fully saturated rings. The molecule has 1 aromatic rings. The molecule has 4 rings (SSSR count). The molecule has 2 heterocycles. The molecule has 2 aliphatic heterocycles. The van der Waals surface area contributed by atoms with E-state index in [4.69, 9.17) is 0 Å². The van der Waals surface area contributed by atoms with Crippen LogP contribution in [0, 0.1) is 17.8 Å². The van der Waals surface area contributed by atoms with Gasteiger partial charge < -0.3 is 4.90 Å². The lowest BCUT2D eigenvalue weighted by Gasteiger charge is -2.30. The van der Waals surface area contributed by atoms with Crippen LogP contribution in [0.3, 0.4) is 0 Å². The van der Waals surface area contributed by atoms with E-state index in [-0.39, 0.29) is 29.6 Å². The first-order valence-electron chi connectivity index (χ1n) is 9.48. The van der Waals surface area contributed by atoms with E-state index in [1.165, 1.54) is 4.90 Å². The average molecular weight is 352 g/mol. The van der Waals surface area contributed by atoms with Crippen molar-refractivity contribution < 1.29 is 14.4 Å². The van der Waals surface area contributed by atoms with Crippen molar-refractivity contribution in [2.45, 2.75) is 32.6 Å². The van der Waals surface area contributed by atoms with E-state index in [1.54, 1.807) is 24.3 Å². The van der Waals surface area contributed by atoms with Gasteiger partial charge >= 0.3 is 0 Å². The monoisotopic (exact) mass is 352 g/mol. The van der Waals surface area contributed by atoms with E-state index >= 15 is 0 Å². The largest absolute Gasteiger partial charge is 0.339 e. The highest BCUT2D eigenvalue weighted by atomic mass is 16.2. The van der Waals surface area contributed by atoms with Crippen LogP contribution in [0.5, 0.6) is 0 Å². The van der Waals surface area contributed by atoms with Crippen molar-refractivity contribution in [2.75, 3.05) is 18.0 Å². The SMILES string of the molecule is CC1CCN(C(=O)c2cccc(N3C(=O)[C@H]4CC=CC[C@@H]4C3=O)c2)CC1. The zero-order valence-corrected chi connectivity index (χ0v) is 15.1. The summed E-state index contributed by atoms with van der Waals surface area (Å²) in [5.41, 5.74) is 1.07. The molecule has 1 aliphatic carbocycles. The number of allylic oxidation sites excluding steroid dienone is 2. The third-order valence-electron chi connectivity index (χ3n) is 5.93. The first-order chi connectivity index (χ1) is 12.6. The molecule has 1 aromatic carbocycles. The molecule has 136 valence electrons. The summed E-state index contributed by atoms with van der Waals surface area (Å²) in [6.45, 7) is 3.74. The van der Waals surface area contributed by atoms with Crippen LogP contribution in [0.25, 0.3) is 0 Å². The summed E-state index contributed by atoms with van der Waals surface area (Å²) in [5.74, 6) is -0.147. The number of piperidine rings is 1. The van der Waals surface area contributed by atoms with Crippen molar-refractivity contribution in [3.05, 3.63) is 42.0 Å². The molecular weight excluding hydrogens is 328 g/mol. The van der Waals surface area contributed by atoms with Gasteiger partial charge in [-0.15, -0.1) is 0 Å². The molecule has 0 unspecified atom stereocenters. The fraction of sp³-hybridized carbons (Fsp3) is 0.476. The molecule has 3 aliphatic rings. The summed E-state index contributed by atoms with van der Waals surface area (Å²) in [7, 11) is 0. The molecular formula is C21H24N2O3. The van der Waals surface area contributed by atoms with Gasteiger partial charge in [-0.1, -0.05) is 25.1 Å². The second kappa shape index (κ2) is 6.71. The summed E-state index contributed by atoms with van der Waals surface area (Å²) >= 11 is 0. The van der Waals surface area contributed by atoms with Crippen LogP contribution in [-0.4, -0.2) is 35.7 Å². The highest BCUT2D eigenvalue weighted by Crippen LogP contribution is 2.37. The standard InChI is InChI=1S/C21H24N2O3/c1-14-9-11-22(12-10-14)19(24)15-5-4-6-16(13-15)23-20(25)17-7-2-3-8-18(17)21(23)26/h2-6,13-14,17-18H,7-12H2,1H3/t17-,18-/m0/s1. The van der Waals surface area contributed by atoms with E-state index in [9.17, 15) is 14.4 Å². The van der Waals surface area contributed by atoms with E-state index in [1.807, 2.05) is 17.1 Å². The lowest BCUT2D eigenvalue weighted by molar-refractivity contribution is -0.122. The fourth-order valence-corrected chi connectivity index (χ4v) is 4.23. The molecule has 26 heavy (non-hydrogen) atoms. The van der Waals surface area contributed by atoms with Gasteiger partial charge in [-0.25, -0.2) is 0 Å². The van der Waals surface area contributed by atoms with Crippen LogP contribution in [0.2, 0.25) is 0 Å². The quantitative estimate of drug-likeness (QED) is 0.607. The van der Waals surface area contributed by atoms with E-state index in [0.717, 1.165) is 25.9 Å². The number of imide groups is 1. The van der Waals surface area contributed by atoms with Crippen LogP contribution in [0.15, 0.2) is 36.4 Å². The molecule has 0 bridgehead atoms. The highest BCUT2D eigenvalue weighted by Gasteiger charge is 2.47. The molecule has 0 aromatic heterocycles. The number of nitrogens with zero attached hydrogens (tertiary/aromatic N) is 2. The number of amides is 3. The number of likely N-dealkylation sites (tertiary alicyclic amines) is 1. The number of hydrogen-bond donors (Lipinski definition) is 0. The maximum atomic E-state index is 12.8. The third kappa shape index (κ3) is 2.85.